The molecule has 1 heterocycles. The van der Waals surface area contributed by atoms with Gasteiger partial charge in [0.25, 0.3) is 0 Å². The number of phenolic OH excluding ortho intramolecular Hbond substituents is 1. The fourth-order valence-corrected chi connectivity index (χ4v) is 3.64. The smallest absolute Gasteiger partial charge is 0.161 e. The summed E-state index contributed by atoms with van der Waals surface area (Å²) in [6.07, 6.45) is 1.70. The zero-order chi connectivity index (χ0) is 22.7. The number of aromatic nitrogens is 2. The fraction of sp³-hybridized carbons (Fsp3) is 0.125. The molecule has 0 fully saturated rings. The first-order valence-corrected chi connectivity index (χ1v) is 10.4. The molecular weight excluding hydrogens is 451 g/mol. The molecule has 2 N–H and O–H groups in total. The molecule has 4 aromatic rings. The van der Waals surface area contributed by atoms with Crippen LogP contribution in [-0.2, 0) is 6.61 Å². The third-order valence-electron chi connectivity index (χ3n) is 4.96. The van der Waals surface area contributed by atoms with E-state index in [1.807, 2.05) is 24.3 Å². The van der Waals surface area contributed by atoms with Gasteiger partial charge in [0.1, 0.15) is 18.1 Å². The van der Waals surface area contributed by atoms with E-state index in [2.05, 4.69) is 10.2 Å². The summed E-state index contributed by atoms with van der Waals surface area (Å²) in [7, 11) is 3.17. The lowest BCUT2D eigenvalue weighted by molar-refractivity contribution is 0.304. The molecule has 6 nitrogen and oxygen atoms in total. The summed E-state index contributed by atoms with van der Waals surface area (Å²) in [6.45, 7) is 0.288. The van der Waals surface area contributed by atoms with E-state index in [1.165, 1.54) is 0 Å². The second-order valence-electron chi connectivity index (χ2n) is 6.94. The van der Waals surface area contributed by atoms with Crippen LogP contribution in [0.4, 0.5) is 0 Å². The van der Waals surface area contributed by atoms with Crippen molar-refractivity contribution in [2.75, 3.05) is 14.2 Å². The maximum atomic E-state index is 10.7. The summed E-state index contributed by atoms with van der Waals surface area (Å²) in [5, 5.41) is 18.8. The largest absolute Gasteiger partial charge is 0.507 e. The molecular formula is C24H20Cl2N2O4. The number of H-pyrrole nitrogens is 1. The van der Waals surface area contributed by atoms with Crippen molar-refractivity contribution in [1.29, 1.82) is 0 Å². The van der Waals surface area contributed by atoms with Crippen LogP contribution in [-0.4, -0.2) is 29.5 Å². The van der Waals surface area contributed by atoms with E-state index in [9.17, 15) is 5.11 Å². The van der Waals surface area contributed by atoms with Crippen molar-refractivity contribution in [3.05, 3.63) is 76.4 Å². The summed E-state index contributed by atoms with van der Waals surface area (Å²) in [5.41, 5.74) is 3.81. The molecule has 0 atom stereocenters. The van der Waals surface area contributed by atoms with Crippen molar-refractivity contribution >= 4 is 23.2 Å². The monoisotopic (exact) mass is 470 g/mol. The summed E-state index contributed by atoms with van der Waals surface area (Å²) in [6, 6.07) is 16.0. The quantitative estimate of drug-likeness (QED) is 0.328. The summed E-state index contributed by atoms with van der Waals surface area (Å²) in [4.78, 5) is 0. The molecule has 0 radical (unpaired) electrons. The van der Waals surface area contributed by atoms with E-state index >= 15 is 0 Å². The van der Waals surface area contributed by atoms with Gasteiger partial charge in [-0.1, -0.05) is 35.3 Å². The van der Waals surface area contributed by atoms with Crippen molar-refractivity contribution < 1.29 is 19.3 Å². The Bertz CT molecular complexity index is 1260. The molecule has 32 heavy (non-hydrogen) atoms. The van der Waals surface area contributed by atoms with Crippen molar-refractivity contribution in [3.63, 3.8) is 0 Å². The normalized spacial score (nSPS) is 10.8. The molecule has 0 aliphatic heterocycles. The summed E-state index contributed by atoms with van der Waals surface area (Å²) < 4.78 is 16.5. The number of ether oxygens (including phenoxy) is 3. The lowest BCUT2D eigenvalue weighted by Crippen LogP contribution is -1.96. The number of hydrogen-bond acceptors (Lipinski definition) is 5. The minimum absolute atomic E-state index is 0.0580. The number of phenols is 1. The highest BCUT2D eigenvalue weighted by molar-refractivity contribution is 6.42. The molecule has 164 valence electrons. The number of rotatable bonds is 7. The van der Waals surface area contributed by atoms with Crippen LogP contribution >= 0.6 is 23.2 Å². The minimum Gasteiger partial charge on any atom is -0.507 e. The van der Waals surface area contributed by atoms with E-state index in [1.54, 1.807) is 50.7 Å². The average molecular weight is 471 g/mol. The van der Waals surface area contributed by atoms with Crippen LogP contribution < -0.4 is 14.2 Å². The van der Waals surface area contributed by atoms with Crippen molar-refractivity contribution in [3.8, 4) is 45.4 Å². The highest BCUT2D eigenvalue weighted by atomic mass is 35.5. The molecule has 4 rings (SSSR count). The molecule has 1 aromatic heterocycles. The Morgan fingerprint density at radius 1 is 0.875 bits per heavy atom. The average Bonchev–Trinajstić information content (AvgIpc) is 3.29. The predicted molar refractivity (Wildman–Crippen MR) is 125 cm³/mol. The molecule has 0 saturated carbocycles. The first kappa shape index (κ1) is 21.9. The van der Waals surface area contributed by atoms with E-state index in [-0.39, 0.29) is 12.4 Å². The predicted octanol–water partition coefficient (Wildman–Crippen LogP) is 6.35. The molecule has 3 aromatic carbocycles. The topological polar surface area (TPSA) is 76.6 Å². The first-order chi connectivity index (χ1) is 15.5. The highest BCUT2D eigenvalue weighted by Crippen LogP contribution is 2.39. The maximum absolute atomic E-state index is 10.7. The number of hydrogen-bond donors (Lipinski definition) is 2. The first-order valence-electron chi connectivity index (χ1n) is 9.66. The van der Waals surface area contributed by atoms with Gasteiger partial charge in [-0.3, -0.25) is 5.10 Å². The second-order valence-corrected chi connectivity index (χ2v) is 7.76. The van der Waals surface area contributed by atoms with Gasteiger partial charge in [-0.2, -0.15) is 5.10 Å². The number of aromatic amines is 1. The van der Waals surface area contributed by atoms with Crippen LogP contribution in [0.15, 0.2) is 60.8 Å². The van der Waals surface area contributed by atoms with E-state index in [0.29, 0.717) is 38.6 Å². The Balaban J connectivity index is 1.58. The van der Waals surface area contributed by atoms with Crippen molar-refractivity contribution in [2.24, 2.45) is 0 Å². The zero-order valence-corrected chi connectivity index (χ0v) is 18.9. The van der Waals surface area contributed by atoms with E-state index in [4.69, 9.17) is 37.4 Å². The Morgan fingerprint density at radius 2 is 1.69 bits per heavy atom. The van der Waals surface area contributed by atoms with E-state index < -0.39 is 0 Å². The Labute approximate surface area is 195 Å². The van der Waals surface area contributed by atoms with Gasteiger partial charge in [-0.05, 0) is 47.5 Å². The Kier molecular flexibility index (Phi) is 6.44. The van der Waals surface area contributed by atoms with E-state index in [0.717, 1.165) is 16.7 Å². The van der Waals surface area contributed by atoms with Gasteiger partial charge in [-0.15, -0.1) is 0 Å². The summed E-state index contributed by atoms with van der Waals surface area (Å²) >= 11 is 12.0. The second kappa shape index (κ2) is 9.42. The standard InChI is InChI=1S/C24H20Cl2N2O4/c1-30-22-8-4-15(10-23(22)31-2)18-12-27-28-24(18)17-6-5-16(11-21(17)29)32-13-14-3-7-19(25)20(26)9-14/h3-12,29H,13H2,1-2H3,(H,27,28). The molecule has 0 amide bonds. The molecule has 0 spiro atoms. The molecule has 0 aliphatic carbocycles. The van der Waals surface area contributed by atoms with Gasteiger partial charge < -0.3 is 19.3 Å². The van der Waals surface area contributed by atoms with Gasteiger partial charge in [0.05, 0.1) is 36.2 Å². The van der Waals surface area contributed by atoms with Crippen LogP contribution in [0.3, 0.4) is 0 Å². The number of nitrogens with one attached hydrogen (secondary N) is 1. The molecule has 0 unspecified atom stereocenters. The van der Waals surface area contributed by atoms with Gasteiger partial charge in [0.15, 0.2) is 11.5 Å². The molecule has 0 saturated heterocycles. The number of nitrogens with zero attached hydrogens (tertiary/aromatic N) is 1. The zero-order valence-electron chi connectivity index (χ0n) is 17.4. The van der Waals surface area contributed by atoms with Crippen molar-refractivity contribution in [1.82, 2.24) is 10.2 Å². The third kappa shape index (κ3) is 4.47. The third-order valence-corrected chi connectivity index (χ3v) is 5.70. The number of methoxy groups -OCH3 is 2. The van der Waals surface area contributed by atoms with Gasteiger partial charge in [-0.25, -0.2) is 0 Å². The van der Waals surface area contributed by atoms with Crippen LogP contribution in [0, 0.1) is 0 Å². The van der Waals surface area contributed by atoms with Gasteiger partial charge in [0.2, 0.25) is 0 Å². The SMILES string of the molecule is COc1ccc(-c2cn[nH]c2-c2ccc(OCc3ccc(Cl)c(Cl)c3)cc2O)cc1OC. The number of halogens is 2. The maximum Gasteiger partial charge on any atom is 0.161 e. The molecule has 0 bridgehead atoms. The lowest BCUT2D eigenvalue weighted by Gasteiger charge is -2.12. The highest BCUT2D eigenvalue weighted by Gasteiger charge is 2.16. The fourth-order valence-electron chi connectivity index (χ4n) is 3.32. The number of aromatic hydroxyl groups is 1. The van der Waals surface area contributed by atoms with Crippen LogP contribution in [0.1, 0.15) is 5.56 Å². The van der Waals surface area contributed by atoms with Gasteiger partial charge >= 0.3 is 0 Å². The molecule has 8 heteroatoms. The number of benzene rings is 3. The molecule has 0 aliphatic rings. The minimum atomic E-state index is 0.0580. The van der Waals surface area contributed by atoms with Gasteiger partial charge in [0, 0.05) is 17.2 Å². The van der Waals surface area contributed by atoms with Crippen LogP contribution in [0.25, 0.3) is 22.4 Å². The van der Waals surface area contributed by atoms with Crippen molar-refractivity contribution in [2.45, 2.75) is 6.61 Å². The lowest BCUT2D eigenvalue weighted by atomic mass is 10.0. The van der Waals surface area contributed by atoms with Crippen LogP contribution in [0.5, 0.6) is 23.0 Å². The summed E-state index contributed by atoms with van der Waals surface area (Å²) in [5.74, 6) is 1.81. The van der Waals surface area contributed by atoms with Crippen LogP contribution in [0.2, 0.25) is 10.0 Å². The Hall–Kier alpha value is -3.35. The Morgan fingerprint density at radius 3 is 2.41 bits per heavy atom.